The van der Waals surface area contributed by atoms with Crippen molar-refractivity contribution in [2.75, 3.05) is 13.1 Å². The van der Waals surface area contributed by atoms with Gasteiger partial charge in [0.2, 0.25) is 47.3 Å². The molecule has 3 rings (SSSR count). The van der Waals surface area contributed by atoms with Gasteiger partial charge in [0.1, 0.15) is 42.0 Å². The summed E-state index contributed by atoms with van der Waals surface area (Å²) in [5.74, 6) is -8.43. The fourth-order valence-corrected chi connectivity index (χ4v) is 7.21. The topological polar surface area (TPSA) is 314 Å². The van der Waals surface area contributed by atoms with Gasteiger partial charge in [-0.3, -0.25) is 48.1 Å². The Balaban J connectivity index is 2.11. The summed E-state index contributed by atoms with van der Waals surface area (Å²) in [6, 6.07) is -4.81. The Kier molecular flexibility index (Phi) is 18.2. The van der Waals surface area contributed by atoms with Crippen LogP contribution < -0.4 is 42.5 Å². The highest BCUT2D eigenvalue weighted by atomic mass is 16.4. The van der Waals surface area contributed by atoms with E-state index in [-0.39, 0.29) is 37.5 Å². The van der Waals surface area contributed by atoms with Gasteiger partial charge in [-0.05, 0) is 91.0 Å². The number of benzene rings is 1. The van der Waals surface area contributed by atoms with E-state index in [0.29, 0.717) is 12.0 Å². The number of nitrogens with zero attached hydrogens (tertiary/aromatic N) is 1. The molecule has 9 atom stereocenters. The third kappa shape index (κ3) is 15.3. The minimum atomic E-state index is -1.79. The first-order valence-corrected chi connectivity index (χ1v) is 20.7. The van der Waals surface area contributed by atoms with Gasteiger partial charge < -0.3 is 57.9 Å². The van der Waals surface area contributed by atoms with Crippen LogP contribution in [-0.4, -0.2) is 147 Å². The Morgan fingerprint density at radius 1 is 0.790 bits per heavy atom. The third-order valence-electron chi connectivity index (χ3n) is 10.2. The molecule has 0 bridgehead atoms. The monoisotopic (exact) mass is 873 g/mol. The number of rotatable bonds is 8. The van der Waals surface area contributed by atoms with Gasteiger partial charge in [0.05, 0.1) is 31.2 Å². The molecule has 11 N–H and O–H groups in total. The lowest BCUT2D eigenvalue weighted by Gasteiger charge is -2.38. The first-order chi connectivity index (χ1) is 28.9. The van der Waals surface area contributed by atoms with Gasteiger partial charge in [-0.2, -0.15) is 0 Å². The van der Waals surface area contributed by atoms with Crippen molar-refractivity contribution in [1.29, 1.82) is 0 Å². The molecule has 1 unspecified atom stereocenters. The second-order valence-corrected chi connectivity index (χ2v) is 17.4. The molecule has 2 aliphatic heterocycles. The molecule has 0 radical (unpaired) electrons. The van der Waals surface area contributed by atoms with E-state index >= 15 is 0 Å². The first kappa shape index (κ1) is 50.5. The van der Waals surface area contributed by atoms with Crippen molar-refractivity contribution in [2.45, 2.75) is 147 Å². The Labute approximate surface area is 360 Å². The molecule has 0 saturated carbocycles. The van der Waals surface area contributed by atoms with Crippen LogP contribution in [0.15, 0.2) is 24.3 Å². The number of phenols is 1. The normalized spacial score (nSPS) is 27.5. The zero-order valence-electron chi connectivity index (χ0n) is 36.5. The van der Waals surface area contributed by atoms with E-state index in [1.807, 2.05) is 0 Å². The maximum atomic E-state index is 14.2. The first-order valence-electron chi connectivity index (χ1n) is 20.7. The lowest BCUT2D eigenvalue weighted by atomic mass is 10.0. The third-order valence-corrected chi connectivity index (χ3v) is 10.2. The number of aliphatic carboxylic acids is 1. The predicted octanol–water partition coefficient (Wildman–Crippen LogP) is -2.34. The number of phenolic OH excluding ortho intramolecular Hbond substituents is 1. The van der Waals surface area contributed by atoms with Crippen molar-refractivity contribution in [3.05, 3.63) is 29.8 Å². The van der Waals surface area contributed by atoms with Crippen LogP contribution in [0.2, 0.25) is 0 Å². The summed E-state index contributed by atoms with van der Waals surface area (Å²) in [5.41, 5.74) is -0.231. The zero-order valence-corrected chi connectivity index (χ0v) is 36.5. The van der Waals surface area contributed by atoms with Crippen LogP contribution in [-0.2, 0) is 49.6 Å². The molecular weight excluding hydrogens is 811 g/mol. The molecule has 344 valence electrons. The smallest absolute Gasteiger partial charge is 0.305 e. The Morgan fingerprint density at radius 3 is 1.97 bits per heavy atom. The van der Waals surface area contributed by atoms with E-state index in [2.05, 4.69) is 42.5 Å². The van der Waals surface area contributed by atoms with Crippen molar-refractivity contribution in [1.82, 2.24) is 47.4 Å². The Morgan fingerprint density at radius 2 is 1.39 bits per heavy atom. The number of amides is 8. The maximum Gasteiger partial charge on any atom is 0.305 e. The standard InChI is InChI=1S/C41H63N9O12/c1-20(2)16-26-36(58)46-28(18-31(54)55)37(59)48-32(23(5)51)39(61)43-21(3)33(40(62)49-41(6,7)8)50-15-9-10-29(50)38(60)47-27(17-24-11-13-25(52)14-12-24)35(57)44-22(4)34(56)42-19-30(53)45-26/h11-14,20-23,26-29,32-33,51-52H,9-10,15-19H2,1-8H3,(H,42,56)(H,43,61)(H,44,57)(H,45,53)(H,46,58)(H,47,60)(H,48,59)(H,49,62)(H,54,55)/t21-,22?,23+,26+,27-,28-,29-,32-,33-/m0/s1. The molecule has 0 aromatic heterocycles. The number of nitrogens with one attached hydrogen (secondary N) is 8. The average Bonchev–Trinajstić information content (AvgIpc) is 3.63. The van der Waals surface area contributed by atoms with Gasteiger partial charge in [0.25, 0.3) is 0 Å². The summed E-state index contributed by atoms with van der Waals surface area (Å²) in [4.78, 5) is 123. The summed E-state index contributed by atoms with van der Waals surface area (Å²) in [6.45, 7) is 12.3. The van der Waals surface area contributed by atoms with Crippen LogP contribution in [0.3, 0.4) is 0 Å². The largest absolute Gasteiger partial charge is 0.508 e. The Bertz CT molecular complexity index is 1820. The van der Waals surface area contributed by atoms with Gasteiger partial charge in [0.15, 0.2) is 0 Å². The highest BCUT2D eigenvalue weighted by Gasteiger charge is 2.44. The number of hydrogen-bond donors (Lipinski definition) is 11. The van der Waals surface area contributed by atoms with E-state index < -0.39 is 126 Å². The molecule has 2 heterocycles. The van der Waals surface area contributed by atoms with Crippen molar-refractivity contribution in [3.8, 4) is 5.75 Å². The van der Waals surface area contributed by atoms with Gasteiger partial charge in [-0.15, -0.1) is 0 Å². The maximum absolute atomic E-state index is 14.2. The van der Waals surface area contributed by atoms with E-state index in [1.165, 1.54) is 32.9 Å². The number of carbonyl (C=O) groups is 9. The van der Waals surface area contributed by atoms with Gasteiger partial charge in [0, 0.05) is 12.0 Å². The molecule has 2 fully saturated rings. The molecule has 0 aliphatic carbocycles. The van der Waals surface area contributed by atoms with E-state index in [1.54, 1.807) is 51.7 Å². The molecule has 0 spiro atoms. The quantitative estimate of drug-likeness (QED) is 0.131. The SMILES string of the molecule is CC(C)C[C@H]1NC(=O)CNC(=O)C(C)NC(=O)[C@H](Cc2ccc(O)cc2)NC(=O)[C@@H]2CCCN2[C@H](C(=O)NC(C)(C)C)[C@H](C)NC(=O)[C@H]([C@@H](C)O)NC(=O)[C@H](CC(=O)O)NC1=O. The number of aliphatic hydroxyl groups excluding tert-OH is 1. The van der Waals surface area contributed by atoms with E-state index in [9.17, 15) is 58.5 Å². The zero-order chi connectivity index (χ0) is 46.6. The fourth-order valence-electron chi connectivity index (χ4n) is 7.21. The summed E-state index contributed by atoms with van der Waals surface area (Å²) in [5, 5.41) is 50.6. The second-order valence-electron chi connectivity index (χ2n) is 17.4. The number of carbonyl (C=O) groups excluding carboxylic acids is 8. The highest BCUT2D eigenvalue weighted by molar-refractivity contribution is 5.98. The van der Waals surface area contributed by atoms with Crippen LogP contribution in [0, 0.1) is 5.92 Å². The van der Waals surface area contributed by atoms with Crippen molar-refractivity contribution >= 4 is 53.2 Å². The summed E-state index contributed by atoms with van der Waals surface area (Å²) in [7, 11) is 0. The molecule has 1 aromatic rings. The molecule has 21 heteroatoms. The number of fused-ring (bicyclic) bond motifs is 1. The molecular formula is C41H63N9O12. The molecule has 1 aromatic carbocycles. The van der Waals surface area contributed by atoms with Crippen molar-refractivity contribution < 1.29 is 58.5 Å². The predicted molar refractivity (Wildman–Crippen MR) is 223 cm³/mol. The van der Waals surface area contributed by atoms with E-state index in [0.717, 1.165) is 0 Å². The second kappa shape index (κ2) is 22.3. The average molecular weight is 874 g/mol. The molecule has 2 saturated heterocycles. The van der Waals surface area contributed by atoms with Crippen molar-refractivity contribution in [3.63, 3.8) is 0 Å². The summed E-state index contributed by atoms with van der Waals surface area (Å²) >= 11 is 0. The summed E-state index contributed by atoms with van der Waals surface area (Å²) in [6.07, 6.45) is -1.93. The lowest BCUT2D eigenvalue weighted by Crippen LogP contribution is -2.65. The van der Waals surface area contributed by atoms with Crippen LogP contribution in [0.4, 0.5) is 0 Å². The van der Waals surface area contributed by atoms with Crippen LogP contribution in [0.25, 0.3) is 0 Å². The summed E-state index contributed by atoms with van der Waals surface area (Å²) < 4.78 is 0. The minimum Gasteiger partial charge on any atom is -0.508 e. The fraction of sp³-hybridized carbons (Fsp3) is 0.634. The van der Waals surface area contributed by atoms with Crippen LogP contribution in [0.1, 0.15) is 86.6 Å². The minimum absolute atomic E-state index is 0.0198. The van der Waals surface area contributed by atoms with Crippen LogP contribution in [0.5, 0.6) is 5.75 Å². The number of carboxylic acids is 1. The van der Waals surface area contributed by atoms with Gasteiger partial charge in [-0.25, -0.2) is 0 Å². The molecule has 21 nitrogen and oxygen atoms in total. The van der Waals surface area contributed by atoms with Crippen molar-refractivity contribution in [2.24, 2.45) is 5.92 Å². The van der Waals surface area contributed by atoms with E-state index in [4.69, 9.17) is 0 Å². The molecule has 62 heavy (non-hydrogen) atoms. The highest BCUT2D eigenvalue weighted by Crippen LogP contribution is 2.24. The molecule has 2 aliphatic rings. The Hall–Kier alpha value is -5.83. The lowest BCUT2D eigenvalue weighted by molar-refractivity contribution is -0.141. The van der Waals surface area contributed by atoms with Gasteiger partial charge >= 0.3 is 5.97 Å². The number of carboxylic acid groups (broad SMARTS) is 1. The number of hydrogen-bond acceptors (Lipinski definition) is 12. The number of aliphatic hydroxyl groups is 1. The van der Waals surface area contributed by atoms with Crippen LogP contribution >= 0.6 is 0 Å². The van der Waals surface area contributed by atoms with Gasteiger partial charge in [-0.1, -0.05) is 26.0 Å². The molecule has 8 amide bonds. The number of aromatic hydroxyl groups is 1.